The van der Waals surface area contributed by atoms with Gasteiger partial charge in [-0.1, -0.05) is 41.9 Å². The van der Waals surface area contributed by atoms with Gasteiger partial charge < -0.3 is 14.4 Å². The number of halogens is 1. The lowest BCUT2D eigenvalue weighted by Crippen LogP contribution is -2.24. The van der Waals surface area contributed by atoms with Gasteiger partial charge in [-0.3, -0.25) is 4.79 Å². The third-order valence-electron chi connectivity index (χ3n) is 5.29. The van der Waals surface area contributed by atoms with Crippen LogP contribution in [0.2, 0.25) is 5.02 Å². The van der Waals surface area contributed by atoms with Crippen molar-refractivity contribution in [2.45, 2.75) is 11.3 Å². The standard InChI is InChI=1S/C26H22ClNO4S/c1-32-26(31)24-22(15-17-7-10-20(11-8-17)33-14-13-29)25(30)21-12-9-18(27)16-23(21)28(24)19-5-3-2-4-6-19/h2-12,16,29H,13-15H2,1H3. The van der Waals surface area contributed by atoms with E-state index in [2.05, 4.69) is 0 Å². The molecule has 0 fully saturated rings. The number of carbonyl (C=O) groups is 1. The maximum absolute atomic E-state index is 13.6. The number of methoxy groups -OCH3 is 1. The number of carbonyl (C=O) groups excluding carboxylic acids is 1. The highest BCUT2D eigenvalue weighted by Crippen LogP contribution is 2.27. The van der Waals surface area contributed by atoms with Gasteiger partial charge in [-0.25, -0.2) is 4.79 Å². The largest absolute Gasteiger partial charge is 0.464 e. The molecule has 0 aliphatic heterocycles. The molecular weight excluding hydrogens is 458 g/mol. The van der Waals surface area contributed by atoms with Crippen molar-refractivity contribution in [1.29, 1.82) is 0 Å². The predicted molar refractivity (Wildman–Crippen MR) is 133 cm³/mol. The Balaban J connectivity index is 1.96. The van der Waals surface area contributed by atoms with E-state index >= 15 is 0 Å². The molecule has 4 rings (SSSR count). The van der Waals surface area contributed by atoms with Gasteiger partial charge in [0.15, 0.2) is 5.43 Å². The first kappa shape index (κ1) is 23.1. The summed E-state index contributed by atoms with van der Waals surface area (Å²) in [7, 11) is 1.31. The number of pyridine rings is 1. The van der Waals surface area contributed by atoms with Gasteiger partial charge in [0.25, 0.3) is 0 Å². The number of para-hydroxylation sites is 1. The number of aliphatic hydroxyl groups excluding tert-OH is 1. The van der Waals surface area contributed by atoms with Crippen LogP contribution in [-0.4, -0.2) is 35.1 Å². The van der Waals surface area contributed by atoms with Crippen molar-refractivity contribution in [2.24, 2.45) is 0 Å². The summed E-state index contributed by atoms with van der Waals surface area (Å²) >= 11 is 7.82. The van der Waals surface area contributed by atoms with Gasteiger partial charge in [-0.15, -0.1) is 11.8 Å². The molecule has 0 amide bonds. The van der Waals surface area contributed by atoms with Gasteiger partial charge in [0.05, 0.1) is 19.2 Å². The molecule has 0 unspecified atom stereocenters. The summed E-state index contributed by atoms with van der Waals surface area (Å²) in [6.07, 6.45) is 0.264. The second-order valence-corrected chi connectivity index (χ2v) is 8.98. The zero-order valence-electron chi connectivity index (χ0n) is 18.0. The highest BCUT2D eigenvalue weighted by Gasteiger charge is 2.24. The van der Waals surface area contributed by atoms with Crippen molar-refractivity contribution >= 4 is 40.2 Å². The average Bonchev–Trinajstić information content (AvgIpc) is 2.85. The quantitative estimate of drug-likeness (QED) is 0.295. The molecule has 0 aliphatic rings. The molecule has 1 N–H and O–H groups in total. The topological polar surface area (TPSA) is 68.5 Å². The molecule has 0 bridgehead atoms. The van der Waals surface area contributed by atoms with Gasteiger partial charge in [0, 0.05) is 38.7 Å². The van der Waals surface area contributed by atoms with Crippen molar-refractivity contribution < 1.29 is 14.6 Å². The maximum atomic E-state index is 13.6. The monoisotopic (exact) mass is 479 g/mol. The van der Waals surface area contributed by atoms with Gasteiger partial charge in [0.2, 0.25) is 0 Å². The van der Waals surface area contributed by atoms with Crippen LogP contribution in [0.4, 0.5) is 0 Å². The molecule has 0 aliphatic carbocycles. The fraction of sp³-hybridized carbons (Fsp3) is 0.154. The third-order valence-corrected chi connectivity index (χ3v) is 6.51. The molecule has 5 nitrogen and oxygen atoms in total. The van der Waals surface area contributed by atoms with E-state index in [0.29, 0.717) is 27.2 Å². The van der Waals surface area contributed by atoms with Crippen LogP contribution in [0.3, 0.4) is 0 Å². The number of rotatable bonds is 7. The minimum Gasteiger partial charge on any atom is -0.464 e. The summed E-state index contributed by atoms with van der Waals surface area (Å²) in [5.74, 6) is 0.0175. The number of aromatic nitrogens is 1. The fourth-order valence-corrected chi connectivity index (χ4v) is 4.62. The molecule has 1 heterocycles. The summed E-state index contributed by atoms with van der Waals surface area (Å²) in [6.45, 7) is 0.106. The van der Waals surface area contributed by atoms with Crippen molar-refractivity contribution in [2.75, 3.05) is 19.5 Å². The summed E-state index contributed by atoms with van der Waals surface area (Å²) in [4.78, 5) is 27.6. The number of benzene rings is 3. The predicted octanol–water partition coefficient (Wildman–Crippen LogP) is 5.11. The summed E-state index contributed by atoms with van der Waals surface area (Å²) in [6, 6.07) is 22.2. The van der Waals surface area contributed by atoms with E-state index < -0.39 is 5.97 Å². The molecule has 168 valence electrons. The fourth-order valence-electron chi connectivity index (χ4n) is 3.80. The van der Waals surface area contributed by atoms with Crippen LogP contribution in [0.5, 0.6) is 0 Å². The smallest absolute Gasteiger partial charge is 0.355 e. The number of aliphatic hydroxyl groups is 1. The van der Waals surface area contributed by atoms with E-state index in [1.165, 1.54) is 7.11 Å². The van der Waals surface area contributed by atoms with Crippen molar-refractivity contribution in [3.05, 3.63) is 105 Å². The number of hydrogen-bond donors (Lipinski definition) is 1. The molecule has 3 aromatic carbocycles. The van der Waals surface area contributed by atoms with E-state index in [4.69, 9.17) is 21.4 Å². The molecule has 7 heteroatoms. The van der Waals surface area contributed by atoms with E-state index in [1.54, 1.807) is 34.5 Å². The second-order valence-electron chi connectivity index (χ2n) is 7.37. The molecular formula is C26H22ClNO4S. The second kappa shape index (κ2) is 10.3. The van der Waals surface area contributed by atoms with Crippen molar-refractivity contribution in [1.82, 2.24) is 4.57 Å². The summed E-state index contributed by atoms with van der Waals surface area (Å²) < 4.78 is 6.86. The van der Waals surface area contributed by atoms with Crippen LogP contribution < -0.4 is 5.43 Å². The molecule has 0 saturated carbocycles. The Morgan fingerprint density at radius 1 is 1.06 bits per heavy atom. The first-order valence-corrected chi connectivity index (χ1v) is 11.7. The Bertz CT molecular complexity index is 1350. The minimum atomic E-state index is -0.594. The lowest BCUT2D eigenvalue weighted by Gasteiger charge is -2.19. The molecule has 0 atom stereocenters. The molecule has 1 aromatic heterocycles. The summed E-state index contributed by atoms with van der Waals surface area (Å²) in [5.41, 5.74) is 2.46. The number of ether oxygens (including phenoxy) is 1. The average molecular weight is 480 g/mol. The molecule has 0 radical (unpaired) electrons. The Hall–Kier alpha value is -3.06. The Labute approximate surface area is 200 Å². The number of thioether (sulfide) groups is 1. The zero-order chi connectivity index (χ0) is 23.4. The van der Waals surface area contributed by atoms with Crippen molar-refractivity contribution in [3.63, 3.8) is 0 Å². The van der Waals surface area contributed by atoms with Gasteiger partial charge in [0.1, 0.15) is 5.69 Å². The van der Waals surface area contributed by atoms with Gasteiger partial charge in [-0.2, -0.15) is 0 Å². The van der Waals surface area contributed by atoms with E-state index in [0.717, 1.165) is 16.1 Å². The molecule has 0 saturated heterocycles. The van der Waals surface area contributed by atoms with Crippen LogP contribution in [0, 0.1) is 0 Å². The van der Waals surface area contributed by atoms with Crippen LogP contribution in [-0.2, 0) is 11.2 Å². The van der Waals surface area contributed by atoms with E-state index in [9.17, 15) is 9.59 Å². The first-order chi connectivity index (χ1) is 16.0. The molecule has 4 aromatic rings. The first-order valence-electron chi connectivity index (χ1n) is 10.4. The van der Waals surface area contributed by atoms with E-state index in [1.807, 2.05) is 54.6 Å². The maximum Gasteiger partial charge on any atom is 0.355 e. The normalized spacial score (nSPS) is 11.0. The van der Waals surface area contributed by atoms with Crippen LogP contribution in [0.25, 0.3) is 16.6 Å². The number of fused-ring (bicyclic) bond motifs is 1. The van der Waals surface area contributed by atoms with E-state index in [-0.39, 0.29) is 24.2 Å². The molecule has 33 heavy (non-hydrogen) atoms. The SMILES string of the molecule is COC(=O)c1c(Cc2ccc(SCCO)cc2)c(=O)c2ccc(Cl)cc2n1-c1ccccc1. The third kappa shape index (κ3) is 4.83. The highest BCUT2D eigenvalue weighted by molar-refractivity contribution is 7.99. The Kier molecular flexibility index (Phi) is 7.18. The number of esters is 1. The highest BCUT2D eigenvalue weighted by atomic mass is 35.5. The van der Waals surface area contributed by atoms with Crippen LogP contribution >= 0.6 is 23.4 Å². The zero-order valence-corrected chi connectivity index (χ0v) is 19.5. The lowest BCUT2D eigenvalue weighted by molar-refractivity contribution is 0.0590. The molecule has 0 spiro atoms. The lowest BCUT2D eigenvalue weighted by atomic mass is 9.99. The number of hydrogen-bond acceptors (Lipinski definition) is 5. The van der Waals surface area contributed by atoms with Gasteiger partial charge in [-0.05, 0) is 48.0 Å². The van der Waals surface area contributed by atoms with Crippen LogP contribution in [0.1, 0.15) is 21.6 Å². The van der Waals surface area contributed by atoms with Crippen LogP contribution in [0.15, 0.2) is 82.5 Å². The Morgan fingerprint density at radius 3 is 2.45 bits per heavy atom. The Morgan fingerprint density at radius 2 is 1.79 bits per heavy atom. The minimum absolute atomic E-state index is 0.106. The summed E-state index contributed by atoms with van der Waals surface area (Å²) in [5, 5.41) is 9.96. The van der Waals surface area contributed by atoms with Crippen molar-refractivity contribution in [3.8, 4) is 5.69 Å². The number of nitrogens with zero attached hydrogens (tertiary/aromatic N) is 1. The van der Waals surface area contributed by atoms with Gasteiger partial charge >= 0.3 is 5.97 Å².